The fraction of sp³-hybridized carbons (Fsp3) is 0.391. The predicted molar refractivity (Wildman–Crippen MR) is 115 cm³/mol. The molecule has 0 bridgehead atoms. The molecule has 1 saturated heterocycles. The first-order chi connectivity index (χ1) is 14.4. The Morgan fingerprint density at radius 2 is 2.07 bits per heavy atom. The molecular formula is C23H27N5O2. The summed E-state index contributed by atoms with van der Waals surface area (Å²) in [4.78, 5) is 23.9. The second kappa shape index (κ2) is 8.26. The first-order valence-corrected chi connectivity index (χ1v) is 10.3. The Labute approximate surface area is 176 Å². The molecule has 1 atom stereocenters. The van der Waals surface area contributed by atoms with E-state index in [2.05, 4.69) is 22.3 Å². The van der Waals surface area contributed by atoms with Crippen LogP contribution in [-0.2, 0) is 11.2 Å². The number of hydrogen-bond donors (Lipinski definition) is 1. The van der Waals surface area contributed by atoms with Crippen molar-refractivity contribution in [3.05, 3.63) is 58.9 Å². The molecule has 0 aliphatic carbocycles. The molecule has 1 aliphatic rings. The van der Waals surface area contributed by atoms with Gasteiger partial charge in [0.15, 0.2) is 0 Å². The molecule has 0 spiro atoms. The van der Waals surface area contributed by atoms with Gasteiger partial charge in [-0.15, -0.1) is 0 Å². The summed E-state index contributed by atoms with van der Waals surface area (Å²) < 4.78 is 5.21. The van der Waals surface area contributed by atoms with Crippen molar-refractivity contribution < 1.29 is 9.32 Å². The maximum Gasteiger partial charge on any atom is 0.227 e. The molecule has 2 N–H and O–H groups in total. The summed E-state index contributed by atoms with van der Waals surface area (Å²) >= 11 is 0. The van der Waals surface area contributed by atoms with E-state index < -0.39 is 0 Å². The number of nitrogens with zero attached hydrogens (tertiary/aromatic N) is 4. The molecule has 7 heteroatoms. The average molecular weight is 406 g/mol. The van der Waals surface area contributed by atoms with Crippen molar-refractivity contribution in [1.29, 1.82) is 0 Å². The molecule has 0 saturated carbocycles. The molecule has 1 unspecified atom stereocenters. The molecule has 3 aromatic heterocycles. The molecule has 7 nitrogen and oxygen atoms in total. The number of rotatable bonds is 4. The van der Waals surface area contributed by atoms with Crippen LogP contribution in [0.1, 0.15) is 47.2 Å². The third-order valence-electron chi connectivity index (χ3n) is 5.79. The van der Waals surface area contributed by atoms with E-state index in [1.54, 1.807) is 12.3 Å². The molecule has 3 aromatic rings. The Bertz CT molecular complexity index is 1040. The highest BCUT2D eigenvalue weighted by Gasteiger charge is 2.27. The van der Waals surface area contributed by atoms with E-state index >= 15 is 0 Å². The maximum absolute atomic E-state index is 13.0. The van der Waals surface area contributed by atoms with Gasteiger partial charge in [0.1, 0.15) is 11.6 Å². The van der Waals surface area contributed by atoms with E-state index in [9.17, 15) is 4.79 Å². The number of carbonyl (C=O) groups is 1. The van der Waals surface area contributed by atoms with Crippen LogP contribution in [0.5, 0.6) is 0 Å². The minimum atomic E-state index is 0.115. The van der Waals surface area contributed by atoms with Crippen molar-refractivity contribution in [2.75, 3.05) is 18.8 Å². The number of nitrogens with two attached hydrogens (primary N) is 1. The summed E-state index contributed by atoms with van der Waals surface area (Å²) in [6.07, 6.45) is 4.10. The second-order valence-electron chi connectivity index (χ2n) is 8.05. The van der Waals surface area contributed by atoms with E-state index in [-0.39, 0.29) is 11.8 Å². The van der Waals surface area contributed by atoms with Crippen molar-refractivity contribution in [3.63, 3.8) is 0 Å². The lowest BCUT2D eigenvalue weighted by Crippen LogP contribution is -2.40. The number of carbonyl (C=O) groups excluding carboxylic acids is 1. The first-order valence-electron chi connectivity index (χ1n) is 10.3. The molecule has 156 valence electrons. The summed E-state index contributed by atoms with van der Waals surface area (Å²) in [5.74, 6) is 1.55. The minimum Gasteiger partial charge on any atom is -0.384 e. The largest absolute Gasteiger partial charge is 0.384 e. The topological polar surface area (TPSA) is 98.1 Å². The van der Waals surface area contributed by atoms with Crippen LogP contribution in [0.2, 0.25) is 0 Å². The molecule has 30 heavy (non-hydrogen) atoms. The summed E-state index contributed by atoms with van der Waals surface area (Å²) in [5, 5.41) is 3.96. The van der Waals surface area contributed by atoms with Gasteiger partial charge in [-0.25, -0.2) is 4.98 Å². The van der Waals surface area contributed by atoms with Crippen LogP contribution in [0.25, 0.3) is 11.1 Å². The van der Waals surface area contributed by atoms with Gasteiger partial charge in [0, 0.05) is 47.7 Å². The van der Waals surface area contributed by atoms with Gasteiger partial charge in [-0.05, 0) is 63.4 Å². The van der Waals surface area contributed by atoms with Gasteiger partial charge < -0.3 is 15.2 Å². The number of pyridine rings is 2. The molecule has 1 aliphatic heterocycles. The van der Waals surface area contributed by atoms with Gasteiger partial charge in [0.25, 0.3) is 0 Å². The van der Waals surface area contributed by atoms with Crippen LogP contribution in [0, 0.1) is 20.8 Å². The number of amides is 1. The highest BCUT2D eigenvalue weighted by Crippen LogP contribution is 2.30. The van der Waals surface area contributed by atoms with Crippen LogP contribution >= 0.6 is 0 Å². The van der Waals surface area contributed by atoms with Gasteiger partial charge in [0.05, 0.1) is 12.1 Å². The van der Waals surface area contributed by atoms with E-state index in [4.69, 9.17) is 15.2 Å². The number of likely N-dealkylation sites (tertiary alicyclic amines) is 1. The lowest BCUT2D eigenvalue weighted by Gasteiger charge is -2.33. The van der Waals surface area contributed by atoms with E-state index in [1.165, 1.54) is 0 Å². The molecular weight excluding hydrogens is 378 g/mol. The van der Waals surface area contributed by atoms with Crippen LogP contribution < -0.4 is 5.73 Å². The fourth-order valence-corrected chi connectivity index (χ4v) is 4.11. The zero-order valence-corrected chi connectivity index (χ0v) is 17.7. The number of anilines is 1. The third kappa shape index (κ3) is 4.20. The number of aryl methyl sites for hydroxylation is 3. The van der Waals surface area contributed by atoms with Gasteiger partial charge in [0.2, 0.25) is 5.91 Å². The summed E-state index contributed by atoms with van der Waals surface area (Å²) in [7, 11) is 0. The van der Waals surface area contributed by atoms with Crippen molar-refractivity contribution >= 4 is 11.7 Å². The van der Waals surface area contributed by atoms with Crippen molar-refractivity contribution in [2.24, 2.45) is 0 Å². The van der Waals surface area contributed by atoms with E-state index in [0.717, 1.165) is 58.9 Å². The summed E-state index contributed by atoms with van der Waals surface area (Å²) in [6.45, 7) is 7.19. The SMILES string of the molecule is Cc1cc(-c2ccc(N)nc2)cc(C2CCCN(C(=O)Cc3c(C)noc3C)C2)n1. The Morgan fingerprint density at radius 3 is 2.77 bits per heavy atom. The van der Waals surface area contributed by atoms with Crippen molar-refractivity contribution in [2.45, 2.75) is 46.0 Å². The average Bonchev–Trinajstić information content (AvgIpc) is 3.06. The standard InChI is InChI=1S/C23H27N5O2/c1-14-9-19(17-6-7-22(24)25-12-17)10-21(26-14)18-5-4-8-28(13-18)23(29)11-20-15(2)27-30-16(20)3/h6-7,9-10,12,18H,4-5,8,11,13H2,1-3H3,(H2,24,25). The molecule has 4 rings (SSSR count). The fourth-order valence-electron chi connectivity index (χ4n) is 4.11. The number of piperidine rings is 1. The molecule has 1 amide bonds. The quantitative estimate of drug-likeness (QED) is 0.712. The van der Waals surface area contributed by atoms with Gasteiger partial charge >= 0.3 is 0 Å². The van der Waals surface area contributed by atoms with E-state index in [0.29, 0.717) is 18.8 Å². The van der Waals surface area contributed by atoms with Crippen LogP contribution in [0.3, 0.4) is 0 Å². The Balaban J connectivity index is 1.53. The van der Waals surface area contributed by atoms with Crippen LogP contribution in [-0.4, -0.2) is 39.0 Å². The number of aromatic nitrogens is 3. The lowest BCUT2D eigenvalue weighted by molar-refractivity contribution is -0.131. The van der Waals surface area contributed by atoms with Crippen LogP contribution in [0.4, 0.5) is 5.82 Å². The van der Waals surface area contributed by atoms with Gasteiger partial charge in [-0.3, -0.25) is 9.78 Å². The highest BCUT2D eigenvalue weighted by atomic mass is 16.5. The molecule has 4 heterocycles. The Hall–Kier alpha value is -3.22. The second-order valence-corrected chi connectivity index (χ2v) is 8.05. The molecule has 0 radical (unpaired) electrons. The van der Waals surface area contributed by atoms with E-state index in [1.807, 2.05) is 31.7 Å². The van der Waals surface area contributed by atoms with Gasteiger partial charge in [-0.2, -0.15) is 0 Å². The maximum atomic E-state index is 13.0. The third-order valence-corrected chi connectivity index (χ3v) is 5.79. The van der Waals surface area contributed by atoms with Crippen molar-refractivity contribution in [1.82, 2.24) is 20.0 Å². The highest BCUT2D eigenvalue weighted by molar-refractivity contribution is 5.79. The molecule has 0 aromatic carbocycles. The summed E-state index contributed by atoms with van der Waals surface area (Å²) in [5.41, 5.74) is 11.5. The summed E-state index contributed by atoms with van der Waals surface area (Å²) in [6, 6.07) is 7.95. The predicted octanol–water partition coefficient (Wildman–Crippen LogP) is 3.59. The Kier molecular flexibility index (Phi) is 5.53. The van der Waals surface area contributed by atoms with Gasteiger partial charge in [-0.1, -0.05) is 5.16 Å². The molecule has 1 fully saturated rings. The zero-order valence-electron chi connectivity index (χ0n) is 17.7. The smallest absolute Gasteiger partial charge is 0.227 e. The lowest BCUT2D eigenvalue weighted by atomic mass is 9.92. The zero-order chi connectivity index (χ0) is 21.3. The minimum absolute atomic E-state index is 0.115. The number of hydrogen-bond acceptors (Lipinski definition) is 6. The first kappa shape index (κ1) is 20.1. The van der Waals surface area contributed by atoms with Crippen LogP contribution in [0.15, 0.2) is 35.0 Å². The normalized spacial score (nSPS) is 16.6. The Morgan fingerprint density at radius 1 is 1.23 bits per heavy atom. The monoisotopic (exact) mass is 405 g/mol. The number of nitrogen functional groups attached to an aromatic ring is 1. The van der Waals surface area contributed by atoms with Crippen molar-refractivity contribution in [3.8, 4) is 11.1 Å².